The van der Waals surface area contributed by atoms with Gasteiger partial charge in [0.15, 0.2) is 8.99 Å². The Morgan fingerprint density at radius 1 is 1.27 bits per heavy atom. The predicted octanol–water partition coefficient (Wildman–Crippen LogP) is 5.75. The van der Waals surface area contributed by atoms with Crippen LogP contribution in [0.3, 0.4) is 0 Å². The lowest BCUT2D eigenvalue weighted by molar-refractivity contribution is -0.113. The molecule has 0 N–H and O–H groups in total. The van der Waals surface area contributed by atoms with Crippen molar-refractivity contribution >= 4 is 85.1 Å². The number of furan rings is 1. The van der Waals surface area contributed by atoms with Gasteiger partial charge in [0.1, 0.15) is 5.76 Å². The molecule has 22 heavy (non-hydrogen) atoms. The van der Waals surface area contributed by atoms with E-state index >= 15 is 0 Å². The average molecular weight is 435 g/mol. The van der Waals surface area contributed by atoms with E-state index in [1.807, 2.05) is 0 Å². The Morgan fingerprint density at radius 3 is 2.68 bits per heavy atom. The minimum atomic E-state index is -0.244. The molecule has 8 heteroatoms. The predicted molar refractivity (Wildman–Crippen MR) is 98.5 cm³/mol. The number of amides is 1. The largest absolute Gasteiger partial charge is 0.450 e. The van der Waals surface area contributed by atoms with E-state index in [1.165, 1.54) is 16.7 Å². The van der Waals surface area contributed by atoms with Gasteiger partial charge in [-0.2, -0.15) is 0 Å². The van der Waals surface area contributed by atoms with Gasteiger partial charge in [-0.05, 0) is 46.3 Å². The highest BCUT2D eigenvalue weighted by Crippen LogP contribution is 2.39. The fourth-order valence-corrected chi connectivity index (χ4v) is 3.95. The zero-order valence-electron chi connectivity index (χ0n) is 10.7. The molecule has 0 bridgehead atoms. The minimum Gasteiger partial charge on any atom is -0.450 e. The monoisotopic (exact) mass is 433 g/mol. The molecule has 0 atom stereocenters. The molecule has 0 aliphatic carbocycles. The van der Waals surface area contributed by atoms with Crippen LogP contribution in [0.15, 0.2) is 44.3 Å². The van der Waals surface area contributed by atoms with Crippen molar-refractivity contribution in [2.24, 2.45) is 0 Å². The van der Waals surface area contributed by atoms with E-state index in [0.29, 0.717) is 35.4 Å². The van der Waals surface area contributed by atoms with Crippen molar-refractivity contribution in [2.45, 2.75) is 0 Å². The summed E-state index contributed by atoms with van der Waals surface area (Å²) in [5.74, 6) is 0.321. The molecule has 1 amide bonds. The minimum absolute atomic E-state index is 0.244. The molecular weight excluding hydrogens is 429 g/mol. The molecule has 0 unspecified atom stereocenters. The number of carbonyl (C=O) groups excluding carboxylic acids is 1. The standard InChI is InChI=1S/C14H6BrCl2NO2S2/c15-12-4-2-8(20-12)6-11-13(19)18(14(21)22-11)10-3-1-7(16)5-9(10)17/h1-6H. The van der Waals surface area contributed by atoms with Gasteiger partial charge in [0, 0.05) is 11.1 Å². The Labute approximate surface area is 154 Å². The molecule has 1 aliphatic heterocycles. The summed E-state index contributed by atoms with van der Waals surface area (Å²) in [6, 6.07) is 8.41. The molecular formula is C14H6BrCl2NO2S2. The lowest BCUT2D eigenvalue weighted by atomic mass is 10.3. The number of nitrogens with zero attached hydrogens (tertiary/aromatic N) is 1. The van der Waals surface area contributed by atoms with Gasteiger partial charge in [0.05, 0.1) is 15.6 Å². The molecule has 3 nitrogen and oxygen atoms in total. The Morgan fingerprint density at radius 2 is 2.05 bits per heavy atom. The quantitative estimate of drug-likeness (QED) is 0.444. The number of hydrogen-bond donors (Lipinski definition) is 0. The second-order valence-corrected chi connectivity index (χ2v) is 7.56. The van der Waals surface area contributed by atoms with Crippen LogP contribution < -0.4 is 4.90 Å². The first-order chi connectivity index (χ1) is 10.5. The highest BCUT2D eigenvalue weighted by atomic mass is 79.9. The van der Waals surface area contributed by atoms with Crippen molar-refractivity contribution in [3.05, 3.63) is 55.7 Å². The summed E-state index contributed by atoms with van der Waals surface area (Å²) in [6.07, 6.45) is 1.65. The summed E-state index contributed by atoms with van der Waals surface area (Å²) in [4.78, 5) is 14.4. The molecule has 2 heterocycles. The van der Waals surface area contributed by atoms with Crippen LogP contribution in [0.5, 0.6) is 0 Å². The molecule has 1 aromatic heterocycles. The van der Waals surface area contributed by atoms with Crippen molar-refractivity contribution in [1.82, 2.24) is 0 Å². The topological polar surface area (TPSA) is 33.5 Å². The smallest absolute Gasteiger partial charge is 0.270 e. The first kappa shape index (κ1) is 16.1. The van der Waals surface area contributed by atoms with Crippen LogP contribution in [0.2, 0.25) is 10.0 Å². The van der Waals surface area contributed by atoms with Crippen LogP contribution in [0, 0.1) is 0 Å². The normalized spacial score (nSPS) is 16.9. The van der Waals surface area contributed by atoms with E-state index < -0.39 is 0 Å². The third-order valence-corrected chi connectivity index (χ3v) is 5.08. The number of thiocarbonyl (C=S) groups is 1. The van der Waals surface area contributed by atoms with E-state index in [1.54, 1.807) is 36.4 Å². The van der Waals surface area contributed by atoms with Crippen molar-refractivity contribution in [1.29, 1.82) is 0 Å². The lowest BCUT2D eigenvalue weighted by Gasteiger charge is -2.16. The molecule has 112 valence electrons. The van der Waals surface area contributed by atoms with Crippen molar-refractivity contribution in [3.63, 3.8) is 0 Å². The fourth-order valence-electron chi connectivity index (χ4n) is 1.87. The summed E-state index contributed by atoms with van der Waals surface area (Å²) in [5, 5.41) is 0.862. The molecule has 2 aromatic rings. The Bertz CT molecular complexity index is 819. The summed E-state index contributed by atoms with van der Waals surface area (Å²) < 4.78 is 6.38. The zero-order chi connectivity index (χ0) is 15.9. The van der Waals surface area contributed by atoms with E-state index in [2.05, 4.69) is 15.9 Å². The second-order valence-electron chi connectivity index (χ2n) is 4.25. The van der Waals surface area contributed by atoms with Crippen LogP contribution >= 0.6 is 63.1 Å². The SMILES string of the molecule is O=C1C(=Cc2ccc(Br)o2)SC(=S)N1c1ccc(Cl)cc1Cl. The van der Waals surface area contributed by atoms with Gasteiger partial charge in [-0.3, -0.25) is 9.69 Å². The lowest BCUT2D eigenvalue weighted by Crippen LogP contribution is -2.27. The zero-order valence-corrected chi connectivity index (χ0v) is 15.4. The van der Waals surface area contributed by atoms with Crippen molar-refractivity contribution in [3.8, 4) is 0 Å². The number of thioether (sulfide) groups is 1. The Kier molecular flexibility index (Phi) is 4.66. The summed E-state index contributed by atoms with van der Waals surface area (Å²) in [6.45, 7) is 0. The Balaban J connectivity index is 1.96. The molecule has 0 saturated carbocycles. The molecule has 1 saturated heterocycles. The van der Waals surface area contributed by atoms with E-state index in [4.69, 9.17) is 39.8 Å². The number of benzene rings is 1. The summed E-state index contributed by atoms with van der Waals surface area (Å²) in [5.41, 5.74) is 0.512. The maximum Gasteiger partial charge on any atom is 0.270 e. The Hall–Kier alpha value is -0.790. The molecule has 3 rings (SSSR count). The van der Waals surface area contributed by atoms with Gasteiger partial charge in [0.25, 0.3) is 5.91 Å². The van der Waals surface area contributed by atoms with Crippen LogP contribution in [0.25, 0.3) is 6.08 Å². The van der Waals surface area contributed by atoms with Gasteiger partial charge in [-0.1, -0.05) is 47.2 Å². The summed E-state index contributed by atoms with van der Waals surface area (Å²) >= 11 is 21.7. The molecule has 1 aliphatic rings. The van der Waals surface area contributed by atoms with Crippen LogP contribution in [0.4, 0.5) is 5.69 Å². The molecule has 1 aromatic carbocycles. The van der Waals surface area contributed by atoms with Gasteiger partial charge < -0.3 is 4.42 Å². The molecule has 0 spiro atoms. The maximum atomic E-state index is 12.6. The third kappa shape index (κ3) is 3.12. The van der Waals surface area contributed by atoms with Gasteiger partial charge in [-0.25, -0.2) is 0 Å². The summed E-state index contributed by atoms with van der Waals surface area (Å²) in [7, 11) is 0. The number of hydrogen-bond acceptors (Lipinski definition) is 4. The first-order valence-corrected chi connectivity index (χ1v) is 8.71. The van der Waals surface area contributed by atoms with E-state index in [9.17, 15) is 4.79 Å². The van der Waals surface area contributed by atoms with E-state index in [-0.39, 0.29) is 5.91 Å². The van der Waals surface area contributed by atoms with Crippen molar-refractivity contribution < 1.29 is 9.21 Å². The van der Waals surface area contributed by atoms with Crippen LogP contribution in [-0.4, -0.2) is 10.2 Å². The average Bonchev–Trinajstić information content (AvgIpc) is 2.96. The fraction of sp³-hybridized carbons (Fsp3) is 0. The number of rotatable bonds is 2. The third-order valence-electron chi connectivity index (χ3n) is 2.81. The van der Waals surface area contributed by atoms with Gasteiger partial charge >= 0.3 is 0 Å². The van der Waals surface area contributed by atoms with Crippen LogP contribution in [-0.2, 0) is 4.79 Å². The van der Waals surface area contributed by atoms with Crippen LogP contribution in [0.1, 0.15) is 5.76 Å². The van der Waals surface area contributed by atoms with Gasteiger partial charge in [0.2, 0.25) is 0 Å². The molecule has 1 fully saturated rings. The number of carbonyl (C=O) groups is 1. The molecule has 0 radical (unpaired) electrons. The maximum absolute atomic E-state index is 12.6. The first-order valence-electron chi connectivity index (χ1n) is 5.94. The number of anilines is 1. The number of halogens is 3. The highest BCUT2D eigenvalue weighted by molar-refractivity contribution is 9.10. The van der Waals surface area contributed by atoms with Gasteiger partial charge in [-0.15, -0.1) is 0 Å². The van der Waals surface area contributed by atoms with Crippen molar-refractivity contribution in [2.75, 3.05) is 4.90 Å². The highest BCUT2D eigenvalue weighted by Gasteiger charge is 2.34. The second kappa shape index (κ2) is 6.37. The van der Waals surface area contributed by atoms with E-state index in [0.717, 1.165) is 0 Å².